The molecule has 2 aromatic heterocycles. The van der Waals surface area contributed by atoms with Gasteiger partial charge in [-0.25, -0.2) is 15.0 Å². The van der Waals surface area contributed by atoms with Crippen molar-refractivity contribution in [2.75, 3.05) is 17.7 Å². The Kier molecular flexibility index (Phi) is 7.00. The fourth-order valence-electron chi connectivity index (χ4n) is 3.26. The van der Waals surface area contributed by atoms with Crippen LogP contribution in [-0.2, 0) is 0 Å². The van der Waals surface area contributed by atoms with Gasteiger partial charge in [-0.05, 0) is 60.0 Å². The van der Waals surface area contributed by atoms with Crippen molar-refractivity contribution >= 4 is 29.3 Å². The Morgan fingerprint density at radius 3 is 2.52 bits per heavy atom. The Balaban J connectivity index is 1.53. The zero-order valence-corrected chi connectivity index (χ0v) is 19.6. The van der Waals surface area contributed by atoms with Crippen LogP contribution in [0, 0.1) is 0 Å². The maximum atomic E-state index is 12.8. The first kappa shape index (κ1) is 22.5. The molecule has 4 rings (SSSR count). The Labute approximate surface area is 197 Å². The molecule has 0 saturated heterocycles. The van der Waals surface area contributed by atoms with Crippen LogP contribution in [0.1, 0.15) is 35.7 Å². The highest BCUT2D eigenvalue weighted by Crippen LogP contribution is 2.34. The predicted molar refractivity (Wildman–Crippen MR) is 134 cm³/mol. The second-order valence-corrected chi connectivity index (χ2v) is 8.79. The summed E-state index contributed by atoms with van der Waals surface area (Å²) in [5.41, 5.74) is 4.29. The van der Waals surface area contributed by atoms with E-state index >= 15 is 0 Å². The Bertz CT molecular complexity index is 1260. The standard InChI is InChI=1S/C26H25N5OS/c1-17(2)18-9-11-20(12-10-18)30-24(32)19-6-4-7-21(16-19)33-25-22(8-5-14-28-25)23-13-15-29-26(27-3)31-23/h4-17H,1-3H3,(H,30,32)(H,27,29,31). The number of hydrogen-bond donors (Lipinski definition) is 2. The van der Waals surface area contributed by atoms with Gasteiger partial charge >= 0.3 is 0 Å². The maximum Gasteiger partial charge on any atom is 0.255 e. The first-order valence-corrected chi connectivity index (χ1v) is 11.5. The summed E-state index contributed by atoms with van der Waals surface area (Å²) >= 11 is 1.49. The molecule has 166 valence electrons. The van der Waals surface area contributed by atoms with Crippen LogP contribution in [0.2, 0.25) is 0 Å². The van der Waals surface area contributed by atoms with Crippen molar-refractivity contribution in [2.45, 2.75) is 29.7 Å². The van der Waals surface area contributed by atoms with Gasteiger partial charge in [0.1, 0.15) is 5.03 Å². The molecule has 0 aliphatic heterocycles. The summed E-state index contributed by atoms with van der Waals surface area (Å²) in [5.74, 6) is 0.852. The average molecular weight is 456 g/mol. The number of nitrogens with one attached hydrogen (secondary N) is 2. The molecule has 4 aromatic rings. The van der Waals surface area contributed by atoms with Gasteiger partial charge in [0.15, 0.2) is 0 Å². The molecule has 0 radical (unpaired) electrons. The van der Waals surface area contributed by atoms with Crippen LogP contribution in [0.25, 0.3) is 11.3 Å². The summed E-state index contributed by atoms with van der Waals surface area (Å²) in [6.45, 7) is 4.29. The van der Waals surface area contributed by atoms with Crippen molar-refractivity contribution in [1.82, 2.24) is 15.0 Å². The minimum atomic E-state index is -0.148. The van der Waals surface area contributed by atoms with E-state index in [1.807, 2.05) is 66.7 Å². The predicted octanol–water partition coefficient (Wildman–Crippen LogP) is 6.11. The van der Waals surface area contributed by atoms with Crippen LogP contribution in [0.15, 0.2) is 89.0 Å². The van der Waals surface area contributed by atoms with E-state index in [4.69, 9.17) is 0 Å². The van der Waals surface area contributed by atoms with Gasteiger partial charge < -0.3 is 10.6 Å². The number of benzene rings is 2. The molecule has 1 amide bonds. The average Bonchev–Trinajstić information content (AvgIpc) is 2.85. The fourth-order valence-corrected chi connectivity index (χ4v) is 4.22. The Morgan fingerprint density at radius 2 is 1.76 bits per heavy atom. The molecule has 0 fully saturated rings. The minimum absolute atomic E-state index is 0.148. The molecule has 0 aliphatic rings. The van der Waals surface area contributed by atoms with Crippen LogP contribution in [0.4, 0.5) is 11.6 Å². The number of pyridine rings is 1. The molecule has 7 heteroatoms. The van der Waals surface area contributed by atoms with Crippen molar-refractivity contribution in [3.63, 3.8) is 0 Å². The van der Waals surface area contributed by atoms with Crippen LogP contribution in [-0.4, -0.2) is 27.9 Å². The summed E-state index contributed by atoms with van der Waals surface area (Å²) in [6.07, 6.45) is 3.47. The number of carbonyl (C=O) groups is 1. The quantitative estimate of drug-likeness (QED) is 0.350. The van der Waals surface area contributed by atoms with E-state index in [9.17, 15) is 4.79 Å². The van der Waals surface area contributed by atoms with E-state index < -0.39 is 0 Å². The SMILES string of the molecule is CNc1nccc(-c2cccnc2Sc2cccc(C(=O)Nc3ccc(C(C)C)cc3)c2)n1. The molecule has 0 bridgehead atoms. The van der Waals surface area contributed by atoms with Crippen molar-refractivity contribution in [3.05, 3.63) is 90.3 Å². The molecule has 0 atom stereocenters. The first-order chi connectivity index (χ1) is 16.0. The van der Waals surface area contributed by atoms with Gasteiger partial charge in [-0.3, -0.25) is 4.79 Å². The highest BCUT2D eigenvalue weighted by atomic mass is 32.2. The van der Waals surface area contributed by atoms with Crippen LogP contribution >= 0.6 is 11.8 Å². The topological polar surface area (TPSA) is 79.8 Å². The summed E-state index contributed by atoms with van der Waals surface area (Å²) < 4.78 is 0. The van der Waals surface area contributed by atoms with Gasteiger partial charge in [-0.1, -0.05) is 43.8 Å². The number of carbonyl (C=O) groups excluding carboxylic acids is 1. The summed E-state index contributed by atoms with van der Waals surface area (Å²) in [6, 6.07) is 21.2. The van der Waals surface area contributed by atoms with E-state index in [0.29, 0.717) is 17.4 Å². The highest BCUT2D eigenvalue weighted by molar-refractivity contribution is 7.99. The van der Waals surface area contributed by atoms with E-state index in [-0.39, 0.29) is 5.91 Å². The van der Waals surface area contributed by atoms with E-state index in [1.54, 1.807) is 19.4 Å². The summed E-state index contributed by atoms with van der Waals surface area (Å²) in [5, 5.41) is 6.74. The zero-order valence-electron chi connectivity index (χ0n) is 18.7. The van der Waals surface area contributed by atoms with Gasteiger partial charge in [0.05, 0.1) is 5.69 Å². The van der Waals surface area contributed by atoms with Crippen LogP contribution < -0.4 is 10.6 Å². The molecule has 33 heavy (non-hydrogen) atoms. The molecule has 0 saturated carbocycles. The molecule has 2 aromatic carbocycles. The van der Waals surface area contributed by atoms with Gasteiger partial charge in [-0.15, -0.1) is 0 Å². The minimum Gasteiger partial charge on any atom is -0.357 e. The maximum absolute atomic E-state index is 12.8. The smallest absolute Gasteiger partial charge is 0.255 e. The molecule has 2 N–H and O–H groups in total. The van der Waals surface area contributed by atoms with E-state index in [1.165, 1.54) is 17.3 Å². The lowest BCUT2D eigenvalue weighted by Crippen LogP contribution is -2.11. The van der Waals surface area contributed by atoms with Crippen LogP contribution in [0.3, 0.4) is 0 Å². The van der Waals surface area contributed by atoms with Gasteiger partial charge in [0.2, 0.25) is 5.95 Å². The number of anilines is 2. The lowest BCUT2D eigenvalue weighted by Gasteiger charge is -2.10. The Morgan fingerprint density at radius 1 is 0.939 bits per heavy atom. The second-order valence-electron chi connectivity index (χ2n) is 7.73. The zero-order chi connectivity index (χ0) is 23.2. The lowest BCUT2D eigenvalue weighted by molar-refractivity contribution is 0.102. The Hall–Kier alpha value is -3.71. The number of rotatable bonds is 7. The summed E-state index contributed by atoms with van der Waals surface area (Å²) in [4.78, 5) is 27.0. The number of aromatic nitrogens is 3. The lowest BCUT2D eigenvalue weighted by atomic mass is 10.0. The molecular formula is C26H25N5OS. The third kappa shape index (κ3) is 5.56. The molecule has 6 nitrogen and oxygen atoms in total. The second kappa shape index (κ2) is 10.3. The normalized spacial score (nSPS) is 10.8. The van der Waals surface area contributed by atoms with Crippen molar-refractivity contribution in [3.8, 4) is 11.3 Å². The first-order valence-electron chi connectivity index (χ1n) is 10.7. The third-order valence-electron chi connectivity index (χ3n) is 5.07. The third-order valence-corrected chi connectivity index (χ3v) is 6.08. The van der Waals surface area contributed by atoms with E-state index in [0.717, 1.165) is 26.9 Å². The summed E-state index contributed by atoms with van der Waals surface area (Å²) in [7, 11) is 1.78. The largest absolute Gasteiger partial charge is 0.357 e. The van der Waals surface area contributed by atoms with Gasteiger partial charge in [-0.2, -0.15) is 0 Å². The molecule has 0 spiro atoms. The van der Waals surface area contributed by atoms with Crippen molar-refractivity contribution < 1.29 is 4.79 Å². The molecule has 0 aliphatic carbocycles. The molecular weight excluding hydrogens is 430 g/mol. The number of nitrogens with zero attached hydrogens (tertiary/aromatic N) is 3. The van der Waals surface area contributed by atoms with Crippen LogP contribution in [0.5, 0.6) is 0 Å². The fraction of sp³-hybridized carbons (Fsp3) is 0.154. The molecule has 2 heterocycles. The van der Waals surface area contributed by atoms with Gasteiger partial charge in [0.25, 0.3) is 5.91 Å². The monoisotopic (exact) mass is 455 g/mol. The number of hydrogen-bond acceptors (Lipinski definition) is 6. The van der Waals surface area contributed by atoms with Gasteiger partial charge in [0, 0.05) is 41.2 Å². The highest BCUT2D eigenvalue weighted by Gasteiger charge is 2.12. The number of amides is 1. The van der Waals surface area contributed by atoms with E-state index in [2.05, 4.69) is 39.4 Å². The van der Waals surface area contributed by atoms with Crippen molar-refractivity contribution in [1.29, 1.82) is 0 Å². The van der Waals surface area contributed by atoms with Crippen molar-refractivity contribution in [2.24, 2.45) is 0 Å². The molecule has 0 unspecified atom stereocenters.